The minimum Gasteiger partial charge on any atom is -0.481 e. The average molecular weight is 369 g/mol. The van der Waals surface area contributed by atoms with Crippen molar-refractivity contribution in [1.82, 2.24) is 14.9 Å². The molecule has 1 saturated heterocycles. The highest BCUT2D eigenvalue weighted by atomic mass is 16.5. The Kier molecular flexibility index (Phi) is 5.27. The van der Waals surface area contributed by atoms with Crippen LogP contribution in [0.3, 0.4) is 0 Å². The molecule has 0 spiro atoms. The first-order chi connectivity index (χ1) is 13.2. The Morgan fingerprint density at radius 3 is 2.74 bits per heavy atom. The molecule has 0 radical (unpaired) electrons. The van der Waals surface area contributed by atoms with Gasteiger partial charge in [0.1, 0.15) is 6.10 Å². The molecular weight excluding hydrogens is 342 g/mol. The molecule has 1 aliphatic carbocycles. The van der Waals surface area contributed by atoms with Gasteiger partial charge in [-0.05, 0) is 30.9 Å². The van der Waals surface area contributed by atoms with Gasteiger partial charge in [0, 0.05) is 57.2 Å². The summed E-state index contributed by atoms with van der Waals surface area (Å²) in [7, 11) is 3.49. The molecule has 6 nitrogen and oxygen atoms in total. The van der Waals surface area contributed by atoms with Crippen LogP contribution in [-0.4, -0.2) is 53.4 Å². The lowest BCUT2D eigenvalue weighted by atomic mass is 9.79. The van der Waals surface area contributed by atoms with Crippen molar-refractivity contribution in [2.75, 3.05) is 20.8 Å². The fraction of sp³-hybridized carbons (Fsp3) is 0.524. The molecule has 3 atom stereocenters. The predicted molar refractivity (Wildman–Crippen MR) is 102 cm³/mol. The second-order valence-corrected chi connectivity index (χ2v) is 7.40. The molecule has 0 aromatic carbocycles. The third-order valence-electron chi connectivity index (χ3n) is 5.97. The van der Waals surface area contributed by atoms with Crippen molar-refractivity contribution >= 4 is 0 Å². The van der Waals surface area contributed by atoms with Crippen molar-refractivity contribution in [3.8, 4) is 11.8 Å². The Balaban J connectivity index is 1.46. The molecule has 2 aliphatic rings. The third kappa shape index (κ3) is 3.77. The van der Waals surface area contributed by atoms with Gasteiger partial charge in [-0.3, -0.25) is 4.90 Å². The SMILES string of the molecule is COc1ccc(CN2CC[C@]3(OC)CCC(Oc4ccccn4)CC23)cn1. The first kappa shape index (κ1) is 18.2. The maximum atomic E-state index is 6.16. The number of ether oxygens (including phenoxy) is 3. The molecule has 144 valence electrons. The summed E-state index contributed by atoms with van der Waals surface area (Å²) >= 11 is 0. The first-order valence-corrected chi connectivity index (χ1v) is 9.58. The maximum Gasteiger partial charge on any atom is 0.213 e. The fourth-order valence-corrected chi connectivity index (χ4v) is 4.50. The van der Waals surface area contributed by atoms with Crippen molar-refractivity contribution in [2.24, 2.45) is 0 Å². The van der Waals surface area contributed by atoms with E-state index >= 15 is 0 Å². The van der Waals surface area contributed by atoms with Gasteiger partial charge >= 0.3 is 0 Å². The molecule has 2 fully saturated rings. The van der Waals surface area contributed by atoms with E-state index in [4.69, 9.17) is 14.2 Å². The van der Waals surface area contributed by atoms with E-state index in [1.165, 1.54) is 5.56 Å². The summed E-state index contributed by atoms with van der Waals surface area (Å²) in [5, 5.41) is 0. The predicted octanol–water partition coefficient (Wildman–Crippen LogP) is 3.08. The van der Waals surface area contributed by atoms with Gasteiger partial charge in [-0.15, -0.1) is 0 Å². The van der Waals surface area contributed by atoms with Gasteiger partial charge < -0.3 is 14.2 Å². The molecule has 0 N–H and O–H groups in total. The second-order valence-electron chi connectivity index (χ2n) is 7.40. The zero-order valence-electron chi connectivity index (χ0n) is 16.0. The smallest absolute Gasteiger partial charge is 0.213 e. The van der Waals surface area contributed by atoms with Crippen molar-refractivity contribution in [3.05, 3.63) is 48.3 Å². The van der Waals surface area contributed by atoms with Gasteiger partial charge in [-0.2, -0.15) is 0 Å². The lowest BCUT2D eigenvalue weighted by Crippen LogP contribution is -2.52. The zero-order valence-corrected chi connectivity index (χ0v) is 16.0. The van der Waals surface area contributed by atoms with Crippen LogP contribution in [0, 0.1) is 0 Å². The first-order valence-electron chi connectivity index (χ1n) is 9.58. The molecular formula is C21H27N3O3. The molecule has 2 aromatic heterocycles. The number of fused-ring (bicyclic) bond motifs is 1. The minimum atomic E-state index is -0.0656. The summed E-state index contributed by atoms with van der Waals surface area (Å²) in [6.07, 6.45) is 7.87. The number of nitrogens with zero attached hydrogens (tertiary/aromatic N) is 3. The van der Waals surface area contributed by atoms with E-state index in [2.05, 4.69) is 20.9 Å². The van der Waals surface area contributed by atoms with Gasteiger partial charge in [-0.1, -0.05) is 12.1 Å². The van der Waals surface area contributed by atoms with Gasteiger partial charge in [-0.25, -0.2) is 9.97 Å². The van der Waals surface area contributed by atoms with E-state index in [1.54, 1.807) is 13.3 Å². The Morgan fingerprint density at radius 1 is 1.11 bits per heavy atom. The number of likely N-dealkylation sites (tertiary alicyclic amines) is 1. The van der Waals surface area contributed by atoms with E-state index in [-0.39, 0.29) is 11.7 Å². The van der Waals surface area contributed by atoms with Crippen LogP contribution in [0.5, 0.6) is 11.8 Å². The standard InChI is InChI=1S/C21H27N3O3/c1-25-19-7-6-16(14-23-19)15-24-12-10-21(26-2)9-8-17(13-18(21)24)27-20-5-3-4-11-22-20/h3-7,11,14,17-18H,8-10,12-13,15H2,1-2H3/t17?,18?,21-/m1/s1. The Labute approximate surface area is 160 Å². The van der Waals surface area contributed by atoms with Crippen molar-refractivity contribution in [2.45, 2.75) is 50.0 Å². The highest BCUT2D eigenvalue weighted by molar-refractivity contribution is 5.19. The summed E-state index contributed by atoms with van der Waals surface area (Å²) in [5.74, 6) is 1.35. The minimum absolute atomic E-state index is 0.0656. The molecule has 0 amide bonds. The van der Waals surface area contributed by atoms with Gasteiger partial charge in [0.25, 0.3) is 0 Å². The van der Waals surface area contributed by atoms with Crippen LogP contribution in [0.2, 0.25) is 0 Å². The summed E-state index contributed by atoms with van der Waals surface area (Å²) in [5.41, 5.74) is 1.12. The number of hydrogen-bond donors (Lipinski definition) is 0. The fourth-order valence-electron chi connectivity index (χ4n) is 4.50. The largest absolute Gasteiger partial charge is 0.481 e. The Morgan fingerprint density at radius 2 is 2.04 bits per heavy atom. The van der Waals surface area contributed by atoms with Crippen LogP contribution in [0.25, 0.3) is 0 Å². The lowest BCUT2D eigenvalue weighted by molar-refractivity contribution is -0.0843. The van der Waals surface area contributed by atoms with Gasteiger partial charge in [0.2, 0.25) is 11.8 Å². The molecule has 1 aliphatic heterocycles. The number of hydrogen-bond acceptors (Lipinski definition) is 6. The number of rotatable bonds is 6. The van der Waals surface area contributed by atoms with Crippen molar-refractivity contribution in [1.29, 1.82) is 0 Å². The van der Waals surface area contributed by atoms with E-state index < -0.39 is 0 Å². The zero-order chi connectivity index (χ0) is 18.7. The van der Waals surface area contributed by atoms with Crippen LogP contribution in [0.4, 0.5) is 0 Å². The molecule has 2 aromatic rings. The van der Waals surface area contributed by atoms with E-state index in [1.807, 2.05) is 37.6 Å². The van der Waals surface area contributed by atoms with E-state index in [0.29, 0.717) is 17.8 Å². The highest BCUT2D eigenvalue weighted by Gasteiger charge is 2.51. The molecule has 27 heavy (non-hydrogen) atoms. The third-order valence-corrected chi connectivity index (χ3v) is 5.97. The Hall–Kier alpha value is -2.18. The molecule has 0 bridgehead atoms. The van der Waals surface area contributed by atoms with Crippen LogP contribution in [0.15, 0.2) is 42.7 Å². The maximum absolute atomic E-state index is 6.16. The number of pyridine rings is 2. The van der Waals surface area contributed by atoms with E-state index in [9.17, 15) is 0 Å². The monoisotopic (exact) mass is 369 g/mol. The van der Waals surface area contributed by atoms with Gasteiger partial charge in [0.05, 0.1) is 12.7 Å². The topological polar surface area (TPSA) is 56.7 Å². The van der Waals surface area contributed by atoms with E-state index in [0.717, 1.165) is 38.8 Å². The quantitative estimate of drug-likeness (QED) is 0.780. The van der Waals surface area contributed by atoms with Crippen LogP contribution in [0.1, 0.15) is 31.2 Å². The van der Waals surface area contributed by atoms with Crippen LogP contribution < -0.4 is 9.47 Å². The second kappa shape index (κ2) is 7.82. The Bertz CT molecular complexity index is 740. The summed E-state index contributed by atoms with van der Waals surface area (Å²) < 4.78 is 17.4. The van der Waals surface area contributed by atoms with Crippen molar-refractivity contribution < 1.29 is 14.2 Å². The average Bonchev–Trinajstić information content (AvgIpc) is 3.08. The highest BCUT2D eigenvalue weighted by Crippen LogP contribution is 2.43. The molecule has 4 rings (SSSR count). The summed E-state index contributed by atoms with van der Waals surface area (Å²) in [4.78, 5) is 11.2. The molecule has 2 unspecified atom stereocenters. The van der Waals surface area contributed by atoms with Gasteiger partial charge in [0.15, 0.2) is 0 Å². The molecule has 3 heterocycles. The summed E-state index contributed by atoms with van der Waals surface area (Å²) in [6, 6.07) is 10.1. The molecule has 6 heteroatoms. The number of methoxy groups -OCH3 is 2. The van der Waals surface area contributed by atoms with Crippen LogP contribution >= 0.6 is 0 Å². The number of aromatic nitrogens is 2. The molecule has 1 saturated carbocycles. The van der Waals surface area contributed by atoms with Crippen molar-refractivity contribution in [3.63, 3.8) is 0 Å². The summed E-state index contributed by atoms with van der Waals surface area (Å²) in [6.45, 7) is 1.89. The van der Waals surface area contributed by atoms with Crippen LogP contribution in [-0.2, 0) is 11.3 Å². The lowest BCUT2D eigenvalue weighted by Gasteiger charge is -2.43. The normalized spacial score (nSPS) is 27.9.